The van der Waals surface area contributed by atoms with Gasteiger partial charge in [0.15, 0.2) is 0 Å². The maximum absolute atomic E-state index is 13.8. The molecular weight excluding hydrogens is 488 g/mol. The molecule has 0 radical (unpaired) electrons. The highest BCUT2D eigenvalue weighted by atomic mass is 16.5. The number of aliphatic hydroxyl groups is 1. The quantitative estimate of drug-likeness (QED) is 0.377. The first kappa shape index (κ1) is 24.5. The van der Waals surface area contributed by atoms with Gasteiger partial charge in [-0.15, -0.1) is 5.10 Å². The standard InChI is InChI=1S/C27H30N6O5/c34-14-6-13-32-23(25(36)29-16-33-19-10-5-4-9-18(19)30-31-33)27-12-11-20(38-27)21(22(27)26(32)37)24(35)28-15-17-7-2-1-3-8-17/h1-5,7-10,20-23,34H,6,11-16H2,(H,28,35)(H,29,36)/t20-,21+,22+,23?,27?/m1/s1. The van der Waals surface area contributed by atoms with Gasteiger partial charge in [0, 0.05) is 19.7 Å². The van der Waals surface area contributed by atoms with Crippen molar-refractivity contribution in [2.24, 2.45) is 11.8 Å². The summed E-state index contributed by atoms with van der Waals surface area (Å²) in [4.78, 5) is 42.3. The molecular formula is C27H30N6O5. The van der Waals surface area contributed by atoms with Crippen LogP contribution in [0.5, 0.6) is 0 Å². The molecule has 3 aliphatic heterocycles. The van der Waals surface area contributed by atoms with Crippen molar-refractivity contribution in [1.29, 1.82) is 0 Å². The number of ether oxygens (including phenoxy) is 1. The van der Waals surface area contributed by atoms with Crippen molar-refractivity contribution < 1.29 is 24.2 Å². The molecule has 1 aromatic heterocycles. The molecule has 3 N–H and O–H groups in total. The van der Waals surface area contributed by atoms with Gasteiger partial charge >= 0.3 is 0 Å². The molecule has 2 aromatic carbocycles. The molecule has 198 valence electrons. The summed E-state index contributed by atoms with van der Waals surface area (Å²) in [6.07, 6.45) is 1.00. The number of para-hydroxylation sites is 1. The number of amides is 3. The number of carbonyl (C=O) groups is 3. The summed E-state index contributed by atoms with van der Waals surface area (Å²) in [5, 5.41) is 23.6. The summed E-state index contributed by atoms with van der Waals surface area (Å²) in [6, 6.07) is 16.1. The molecule has 2 unspecified atom stereocenters. The molecule has 3 fully saturated rings. The second-order valence-corrected chi connectivity index (χ2v) is 10.1. The molecule has 2 bridgehead atoms. The predicted molar refractivity (Wildman–Crippen MR) is 135 cm³/mol. The molecule has 11 heteroatoms. The molecule has 4 heterocycles. The number of fused-ring (bicyclic) bond motifs is 2. The number of benzene rings is 2. The molecule has 0 saturated carbocycles. The number of hydrogen-bond donors (Lipinski definition) is 3. The summed E-state index contributed by atoms with van der Waals surface area (Å²) in [7, 11) is 0. The van der Waals surface area contributed by atoms with Crippen LogP contribution in [0.4, 0.5) is 0 Å². The Balaban J connectivity index is 1.23. The van der Waals surface area contributed by atoms with E-state index in [1.165, 1.54) is 4.90 Å². The molecule has 38 heavy (non-hydrogen) atoms. The van der Waals surface area contributed by atoms with Gasteiger partial charge in [-0.25, -0.2) is 4.68 Å². The minimum Gasteiger partial charge on any atom is -0.396 e. The lowest BCUT2D eigenvalue weighted by Gasteiger charge is -2.33. The average Bonchev–Trinajstić information content (AvgIpc) is 3.69. The van der Waals surface area contributed by atoms with E-state index in [4.69, 9.17) is 4.74 Å². The van der Waals surface area contributed by atoms with E-state index < -0.39 is 29.6 Å². The number of likely N-dealkylation sites (tertiary alicyclic amines) is 1. The van der Waals surface area contributed by atoms with Crippen LogP contribution in [0.1, 0.15) is 24.8 Å². The van der Waals surface area contributed by atoms with Gasteiger partial charge in [-0.2, -0.15) is 0 Å². The lowest BCUT2D eigenvalue weighted by Crippen LogP contribution is -2.55. The Bertz CT molecular complexity index is 1360. The van der Waals surface area contributed by atoms with Crippen molar-refractivity contribution in [2.75, 3.05) is 13.2 Å². The van der Waals surface area contributed by atoms with Gasteiger partial charge in [0.25, 0.3) is 0 Å². The van der Waals surface area contributed by atoms with Crippen LogP contribution in [0.25, 0.3) is 11.0 Å². The lowest BCUT2D eigenvalue weighted by atomic mass is 9.70. The summed E-state index contributed by atoms with van der Waals surface area (Å²) < 4.78 is 8.00. The smallest absolute Gasteiger partial charge is 0.247 e. The Morgan fingerprint density at radius 3 is 2.68 bits per heavy atom. The first-order valence-corrected chi connectivity index (χ1v) is 13.0. The van der Waals surface area contributed by atoms with Gasteiger partial charge in [0.1, 0.15) is 23.8 Å². The van der Waals surface area contributed by atoms with Crippen LogP contribution in [0.15, 0.2) is 54.6 Å². The van der Waals surface area contributed by atoms with Crippen LogP contribution in [0.2, 0.25) is 0 Å². The van der Waals surface area contributed by atoms with Gasteiger partial charge in [0.2, 0.25) is 17.7 Å². The summed E-state index contributed by atoms with van der Waals surface area (Å²) in [5.74, 6) is -2.31. The van der Waals surface area contributed by atoms with Crippen LogP contribution in [-0.4, -0.2) is 73.6 Å². The maximum atomic E-state index is 13.8. The highest BCUT2D eigenvalue weighted by Gasteiger charge is 2.74. The van der Waals surface area contributed by atoms with Crippen molar-refractivity contribution in [3.63, 3.8) is 0 Å². The molecule has 11 nitrogen and oxygen atoms in total. The number of nitrogens with zero attached hydrogens (tertiary/aromatic N) is 4. The molecule has 5 atom stereocenters. The Kier molecular flexibility index (Phi) is 6.32. The third kappa shape index (κ3) is 3.93. The first-order chi connectivity index (χ1) is 18.5. The third-order valence-electron chi connectivity index (χ3n) is 8.04. The zero-order valence-electron chi connectivity index (χ0n) is 20.8. The van der Waals surface area contributed by atoms with Gasteiger partial charge in [-0.1, -0.05) is 47.7 Å². The molecule has 0 aliphatic carbocycles. The zero-order chi connectivity index (χ0) is 26.3. The van der Waals surface area contributed by atoms with Crippen LogP contribution in [0.3, 0.4) is 0 Å². The third-order valence-corrected chi connectivity index (χ3v) is 8.04. The van der Waals surface area contributed by atoms with Crippen LogP contribution in [-0.2, 0) is 32.3 Å². The Hall–Kier alpha value is -3.83. The minimum atomic E-state index is -1.08. The highest BCUT2D eigenvalue weighted by Crippen LogP contribution is 2.58. The SMILES string of the molecule is O=C(NCn1nnc2ccccc21)C1N(CCCO)C(=O)[C@@H]2[C@@H](C(=O)NCc3ccccc3)[C@H]3CCC12O3. The van der Waals surface area contributed by atoms with Crippen molar-refractivity contribution in [3.8, 4) is 0 Å². The van der Waals surface area contributed by atoms with E-state index in [9.17, 15) is 19.5 Å². The number of hydrogen-bond acceptors (Lipinski definition) is 7. The van der Waals surface area contributed by atoms with Gasteiger partial charge in [-0.05, 0) is 37.0 Å². The normalized spacial score (nSPS) is 27.6. The fourth-order valence-electron chi connectivity index (χ4n) is 6.42. The van der Waals surface area contributed by atoms with Gasteiger partial charge < -0.3 is 25.4 Å². The van der Waals surface area contributed by atoms with Crippen molar-refractivity contribution in [1.82, 2.24) is 30.5 Å². The monoisotopic (exact) mass is 518 g/mol. The summed E-state index contributed by atoms with van der Waals surface area (Å²) >= 11 is 0. The maximum Gasteiger partial charge on any atom is 0.247 e. The minimum absolute atomic E-state index is 0.0725. The van der Waals surface area contributed by atoms with Crippen molar-refractivity contribution >= 4 is 28.8 Å². The van der Waals surface area contributed by atoms with Gasteiger partial charge in [-0.3, -0.25) is 14.4 Å². The second kappa shape index (κ2) is 9.80. The van der Waals surface area contributed by atoms with E-state index in [1.807, 2.05) is 54.6 Å². The van der Waals surface area contributed by atoms with Crippen LogP contribution in [0, 0.1) is 11.8 Å². The second-order valence-electron chi connectivity index (χ2n) is 10.1. The van der Waals surface area contributed by atoms with Crippen molar-refractivity contribution in [2.45, 2.75) is 50.2 Å². The molecule has 6 rings (SSSR count). The van der Waals surface area contributed by atoms with Crippen molar-refractivity contribution in [3.05, 3.63) is 60.2 Å². The van der Waals surface area contributed by atoms with Crippen LogP contribution >= 0.6 is 0 Å². The molecule has 3 amide bonds. The van der Waals surface area contributed by atoms with E-state index >= 15 is 0 Å². The van der Waals surface area contributed by atoms with E-state index in [2.05, 4.69) is 20.9 Å². The first-order valence-electron chi connectivity index (χ1n) is 13.0. The highest BCUT2D eigenvalue weighted by molar-refractivity contribution is 5.98. The number of carbonyl (C=O) groups excluding carboxylic acids is 3. The number of aromatic nitrogens is 3. The number of aliphatic hydroxyl groups excluding tert-OH is 1. The van der Waals surface area contributed by atoms with E-state index in [-0.39, 0.29) is 37.5 Å². The summed E-state index contributed by atoms with van der Waals surface area (Å²) in [6.45, 7) is 0.499. The zero-order valence-corrected chi connectivity index (χ0v) is 20.8. The fraction of sp³-hybridized carbons (Fsp3) is 0.444. The topological polar surface area (TPSA) is 139 Å². The average molecular weight is 519 g/mol. The molecule has 3 saturated heterocycles. The Morgan fingerprint density at radius 2 is 1.87 bits per heavy atom. The Labute approximate surface area is 219 Å². The van der Waals surface area contributed by atoms with E-state index in [0.29, 0.717) is 31.3 Å². The largest absolute Gasteiger partial charge is 0.396 e. The fourth-order valence-corrected chi connectivity index (χ4v) is 6.42. The summed E-state index contributed by atoms with van der Waals surface area (Å²) in [5.41, 5.74) is 1.36. The van der Waals surface area contributed by atoms with Crippen LogP contribution < -0.4 is 10.6 Å². The van der Waals surface area contributed by atoms with E-state index in [1.54, 1.807) is 4.68 Å². The molecule has 1 spiro atoms. The number of rotatable bonds is 9. The van der Waals surface area contributed by atoms with E-state index in [0.717, 1.165) is 11.1 Å². The predicted octanol–water partition coefficient (Wildman–Crippen LogP) is 0.578. The van der Waals surface area contributed by atoms with Gasteiger partial charge in [0.05, 0.1) is 23.5 Å². The number of nitrogens with one attached hydrogen (secondary N) is 2. The Morgan fingerprint density at radius 1 is 1.08 bits per heavy atom. The molecule has 3 aliphatic rings. The molecule has 3 aromatic rings. The lowest BCUT2D eigenvalue weighted by molar-refractivity contribution is -0.142.